The number of carbonyl (C=O) groups excluding carboxylic acids is 1. The van der Waals surface area contributed by atoms with Gasteiger partial charge in [0.25, 0.3) is 5.69 Å². The van der Waals surface area contributed by atoms with Gasteiger partial charge in [-0.05, 0) is 33.1 Å². The second-order valence-corrected chi connectivity index (χ2v) is 13.0. The highest BCUT2D eigenvalue weighted by Crippen LogP contribution is 2.64. The third kappa shape index (κ3) is 3.58. The van der Waals surface area contributed by atoms with Crippen LogP contribution in [0.15, 0.2) is 115 Å². The van der Waals surface area contributed by atoms with Gasteiger partial charge in [0.1, 0.15) is 0 Å². The number of hydrogen-bond acceptors (Lipinski definition) is 4. The molecular formula is C29H25NO4Si. The molecule has 35 heavy (non-hydrogen) atoms. The fourth-order valence-electron chi connectivity index (χ4n) is 5.72. The number of ether oxygens (including phenoxy) is 1. The summed E-state index contributed by atoms with van der Waals surface area (Å²) in [5, 5.41) is 14.9. The fourth-order valence-corrected chi connectivity index (χ4v) is 11.7. The minimum Gasteiger partial charge on any atom is -0.468 e. The van der Waals surface area contributed by atoms with Gasteiger partial charge < -0.3 is 4.74 Å². The first-order chi connectivity index (χ1) is 17.0. The molecule has 6 heteroatoms. The summed E-state index contributed by atoms with van der Waals surface area (Å²) < 4.78 is 5.39. The van der Waals surface area contributed by atoms with Gasteiger partial charge in [0, 0.05) is 12.1 Å². The molecule has 5 rings (SSSR count). The predicted octanol–water partition coefficient (Wildman–Crippen LogP) is 3.95. The molecule has 4 aromatic carbocycles. The Kier molecular flexibility index (Phi) is 5.82. The Labute approximate surface area is 205 Å². The smallest absolute Gasteiger partial charge is 0.316 e. The van der Waals surface area contributed by atoms with Crippen molar-refractivity contribution in [3.8, 4) is 0 Å². The van der Waals surface area contributed by atoms with Crippen molar-refractivity contribution < 1.29 is 14.5 Å². The lowest BCUT2D eigenvalue weighted by atomic mass is 9.96. The van der Waals surface area contributed by atoms with E-state index in [1.165, 1.54) is 34.8 Å². The van der Waals surface area contributed by atoms with Crippen LogP contribution < -0.4 is 15.6 Å². The largest absolute Gasteiger partial charge is 0.468 e. The molecule has 4 aromatic rings. The lowest BCUT2D eigenvalue weighted by Crippen LogP contribution is -2.68. The zero-order valence-corrected chi connectivity index (χ0v) is 20.3. The highest BCUT2D eigenvalue weighted by molar-refractivity contribution is 7.13. The number of hydrogen-bond donors (Lipinski definition) is 0. The molecule has 0 spiro atoms. The number of benzene rings is 4. The number of non-ortho nitro benzene ring substituents is 1. The van der Waals surface area contributed by atoms with Crippen LogP contribution in [0.25, 0.3) is 0 Å². The zero-order chi connectivity index (χ0) is 24.5. The molecular weight excluding hydrogens is 454 g/mol. The molecule has 1 aliphatic rings. The maximum Gasteiger partial charge on any atom is 0.316 e. The van der Waals surface area contributed by atoms with Crippen LogP contribution in [0.3, 0.4) is 0 Å². The molecule has 1 saturated carbocycles. The molecule has 0 saturated heterocycles. The van der Waals surface area contributed by atoms with Crippen molar-refractivity contribution in [2.45, 2.75) is 17.4 Å². The van der Waals surface area contributed by atoms with Crippen molar-refractivity contribution >= 4 is 35.3 Å². The lowest BCUT2D eigenvalue weighted by molar-refractivity contribution is -0.384. The van der Waals surface area contributed by atoms with Gasteiger partial charge in [-0.15, -0.1) is 0 Å². The highest BCUT2D eigenvalue weighted by atomic mass is 28.3. The van der Waals surface area contributed by atoms with Crippen molar-refractivity contribution in [1.29, 1.82) is 0 Å². The van der Waals surface area contributed by atoms with Crippen LogP contribution in [-0.2, 0) is 14.9 Å². The summed E-state index contributed by atoms with van der Waals surface area (Å²) in [6.07, 6.45) is 0.613. The lowest BCUT2D eigenvalue weighted by Gasteiger charge is -2.36. The summed E-state index contributed by atoms with van der Waals surface area (Å²) in [7, 11) is -1.34. The Balaban J connectivity index is 1.79. The molecule has 1 fully saturated rings. The molecule has 0 unspecified atom stereocenters. The number of nitro groups is 1. The van der Waals surface area contributed by atoms with E-state index < -0.39 is 18.4 Å². The number of esters is 1. The van der Waals surface area contributed by atoms with Gasteiger partial charge >= 0.3 is 5.97 Å². The van der Waals surface area contributed by atoms with Gasteiger partial charge in [0.2, 0.25) is 0 Å². The molecule has 0 aliphatic heterocycles. The van der Waals surface area contributed by atoms with Gasteiger partial charge in [-0.2, -0.15) is 0 Å². The number of nitro benzene ring substituents is 1. The molecule has 0 aromatic heterocycles. The fraction of sp³-hybridized carbons (Fsp3) is 0.138. The molecule has 0 amide bonds. The number of nitrogens with zero attached hydrogens (tertiary/aromatic N) is 1. The maximum atomic E-state index is 13.5. The van der Waals surface area contributed by atoms with E-state index in [4.69, 9.17) is 4.74 Å². The third-order valence-electron chi connectivity index (χ3n) is 7.31. The molecule has 2 atom stereocenters. The Morgan fingerprint density at radius 2 is 1.23 bits per heavy atom. The van der Waals surface area contributed by atoms with E-state index in [1.807, 2.05) is 18.2 Å². The number of carbonyl (C=O) groups is 1. The maximum absolute atomic E-state index is 13.5. The Hall–Kier alpha value is -4.03. The van der Waals surface area contributed by atoms with Crippen molar-refractivity contribution in [1.82, 2.24) is 0 Å². The quantitative estimate of drug-likeness (QED) is 0.132. The van der Waals surface area contributed by atoms with Crippen LogP contribution in [0.1, 0.15) is 12.0 Å². The first-order valence-corrected chi connectivity index (χ1v) is 13.6. The average Bonchev–Trinajstić information content (AvgIpc) is 3.68. The Bertz CT molecular complexity index is 1250. The van der Waals surface area contributed by atoms with Gasteiger partial charge in [-0.25, -0.2) is 0 Å². The molecule has 0 radical (unpaired) electrons. The van der Waals surface area contributed by atoms with Crippen LogP contribution in [0.2, 0.25) is 5.54 Å². The summed E-state index contributed by atoms with van der Waals surface area (Å²) in [6, 6.07) is 37.7. The average molecular weight is 480 g/mol. The molecule has 0 heterocycles. The second-order valence-electron chi connectivity index (χ2n) is 8.93. The third-order valence-corrected chi connectivity index (χ3v) is 12.8. The molecule has 5 nitrogen and oxygen atoms in total. The Morgan fingerprint density at radius 1 is 0.800 bits per heavy atom. The summed E-state index contributed by atoms with van der Waals surface area (Å²) in [5.41, 5.74) is -0.142. The van der Waals surface area contributed by atoms with E-state index >= 15 is 0 Å². The van der Waals surface area contributed by atoms with E-state index in [9.17, 15) is 14.9 Å². The van der Waals surface area contributed by atoms with E-state index in [2.05, 4.69) is 72.8 Å². The summed E-state index contributed by atoms with van der Waals surface area (Å²) in [6.45, 7) is 0. The van der Waals surface area contributed by atoms with E-state index in [0.29, 0.717) is 6.42 Å². The minimum absolute atomic E-state index is 0.00338. The van der Waals surface area contributed by atoms with E-state index in [0.717, 1.165) is 5.56 Å². The van der Waals surface area contributed by atoms with Crippen molar-refractivity contribution in [2.75, 3.05) is 7.11 Å². The van der Waals surface area contributed by atoms with Crippen LogP contribution in [0, 0.1) is 10.1 Å². The summed E-state index contributed by atoms with van der Waals surface area (Å²) in [5.74, 6) is -0.295. The molecule has 174 valence electrons. The van der Waals surface area contributed by atoms with Crippen LogP contribution >= 0.6 is 0 Å². The van der Waals surface area contributed by atoms with Gasteiger partial charge in [-0.3, -0.25) is 14.9 Å². The SMILES string of the molecule is COC(=O)[C@]1(c2ccc([N+](=O)[O-])cc2)C[C@H]1[Si](c1ccccc1)(c1ccccc1)c1ccccc1. The zero-order valence-electron chi connectivity index (χ0n) is 19.3. The first-order valence-electron chi connectivity index (χ1n) is 11.5. The molecule has 0 bridgehead atoms. The minimum atomic E-state index is -2.76. The van der Waals surface area contributed by atoms with Crippen LogP contribution in [0.5, 0.6) is 0 Å². The van der Waals surface area contributed by atoms with E-state index in [-0.39, 0.29) is 17.2 Å². The normalized spacial score (nSPS) is 19.1. The topological polar surface area (TPSA) is 69.4 Å². The monoisotopic (exact) mass is 479 g/mol. The van der Waals surface area contributed by atoms with Crippen molar-refractivity contribution in [2.24, 2.45) is 0 Å². The van der Waals surface area contributed by atoms with Gasteiger partial charge in [0.05, 0.1) is 17.4 Å². The highest BCUT2D eigenvalue weighted by Gasteiger charge is 2.71. The summed E-state index contributed by atoms with van der Waals surface area (Å²) >= 11 is 0. The Morgan fingerprint density at radius 3 is 1.60 bits per heavy atom. The number of methoxy groups -OCH3 is 1. The molecule has 0 N–H and O–H groups in total. The standard InChI is InChI=1S/C29H25NO4Si/c1-34-28(31)29(22-17-19-23(20-18-22)30(32)33)21-27(29)35(24-11-5-2-6-12-24,25-13-7-3-8-14-25)26-15-9-4-10-16-26/h2-20,27H,21H2,1H3/t27-,29+/m1/s1. The molecule has 1 aliphatic carbocycles. The van der Waals surface area contributed by atoms with Crippen molar-refractivity contribution in [3.63, 3.8) is 0 Å². The van der Waals surface area contributed by atoms with Gasteiger partial charge in [0.15, 0.2) is 8.07 Å². The van der Waals surface area contributed by atoms with Crippen molar-refractivity contribution in [3.05, 3.63) is 131 Å². The van der Waals surface area contributed by atoms with Crippen LogP contribution in [0.4, 0.5) is 5.69 Å². The summed E-state index contributed by atoms with van der Waals surface area (Å²) in [4.78, 5) is 24.4. The van der Waals surface area contributed by atoms with Crippen LogP contribution in [-0.4, -0.2) is 26.1 Å². The first kappa shape index (κ1) is 22.7. The van der Waals surface area contributed by atoms with E-state index in [1.54, 1.807) is 12.1 Å². The predicted molar refractivity (Wildman–Crippen MR) is 139 cm³/mol. The van der Waals surface area contributed by atoms with Gasteiger partial charge in [-0.1, -0.05) is 103 Å². The second kappa shape index (κ2) is 8.96. The number of rotatable bonds is 7.